The fourth-order valence-electron chi connectivity index (χ4n) is 8.27. The fourth-order valence-corrected chi connectivity index (χ4v) is 10.5. The number of nitrogens with zero attached hydrogens (tertiary/aromatic N) is 3. The van der Waals surface area contributed by atoms with Crippen LogP contribution in [0.2, 0.25) is 0 Å². The lowest BCUT2D eigenvalue weighted by Gasteiger charge is -2.22. The topological polar surface area (TPSA) is 30.7 Å². The Morgan fingerprint density at radius 2 is 1.12 bits per heavy atom. The van der Waals surface area contributed by atoms with Gasteiger partial charge in [0, 0.05) is 67.7 Å². The summed E-state index contributed by atoms with van der Waals surface area (Å²) in [4.78, 5) is 11.2. The average molecular weight is 650 g/mol. The highest BCUT2D eigenvalue weighted by Crippen LogP contribution is 2.56. The van der Waals surface area contributed by atoms with Gasteiger partial charge in [-0.25, -0.2) is 9.97 Å². The maximum absolute atomic E-state index is 5.58. The van der Waals surface area contributed by atoms with E-state index in [1.807, 2.05) is 22.7 Å². The van der Waals surface area contributed by atoms with Gasteiger partial charge in [0.1, 0.15) is 0 Å². The van der Waals surface area contributed by atoms with Crippen LogP contribution in [-0.4, -0.2) is 14.5 Å². The van der Waals surface area contributed by atoms with E-state index in [0.29, 0.717) is 5.95 Å². The van der Waals surface area contributed by atoms with Crippen LogP contribution in [0, 0.1) is 0 Å². The van der Waals surface area contributed by atoms with Crippen molar-refractivity contribution in [3.05, 3.63) is 139 Å². The molecule has 0 unspecified atom stereocenters. The third-order valence-electron chi connectivity index (χ3n) is 10.4. The molecule has 1 aliphatic rings. The largest absolute Gasteiger partial charge is 0.278 e. The lowest BCUT2D eigenvalue weighted by atomic mass is 9.83. The van der Waals surface area contributed by atoms with E-state index in [9.17, 15) is 0 Å². The minimum Gasteiger partial charge on any atom is -0.278 e. The second kappa shape index (κ2) is 9.38. The van der Waals surface area contributed by atoms with Gasteiger partial charge in [0.2, 0.25) is 5.95 Å². The maximum atomic E-state index is 5.58. The van der Waals surface area contributed by atoms with Crippen LogP contribution in [0.1, 0.15) is 25.1 Å². The van der Waals surface area contributed by atoms with Gasteiger partial charge >= 0.3 is 0 Å². The first-order valence-corrected chi connectivity index (χ1v) is 18.0. The molecule has 0 fully saturated rings. The van der Waals surface area contributed by atoms with Crippen molar-refractivity contribution in [1.82, 2.24) is 14.5 Å². The standard InChI is InChI=1S/C43H27N3S2/c1-43(2)39-29(20-22-36-37(39)28-14-6-10-18-34(28)48-36)38-40(24-19-21-35-30(23-24)27-13-5-9-17-33(27)47-35)44-42(45-41(38)43)46-31-15-7-3-11-25(31)26-12-4-8-16-32(26)46/h3-23H,1-2H3. The number of fused-ring (bicyclic) bond motifs is 13. The molecule has 226 valence electrons. The van der Waals surface area contributed by atoms with Crippen molar-refractivity contribution >= 4 is 84.8 Å². The molecule has 3 nitrogen and oxygen atoms in total. The molecule has 10 aromatic rings. The molecule has 0 atom stereocenters. The molecule has 11 rings (SSSR count). The van der Waals surface area contributed by atoms with Crippen molar-refractivity contribution in [2.75, 3.05) is 0 Å². The predicted octanol–water partition coefficient (Wildman–Crippen LogP) is 12.3. The molecule has 0 spiro atoms. The lowest BCUT2D eigenvalue weighted by Crippen LogP contribution is -2.19. The van der Waals surface area contributed by atoms with Crippen LogP contribution in [0.4, 0.5) is 0 Å². The molecule has 4 aromatic heterocycles. The van der Waals surface area contributed by atoms with Crippen LogP contribution >= 0.6 is 22.7 Å². The third-order valence-corrected chi connectivity index (χ3v) is 12.6. The summed E-state index contributed by atoms with van der Waals surface area (Å²) in [6, 6.07) is 46.3. The van der Waals surface area contributed by atoms with E-state index >= 15 is 0 Å². The summed E-state index contributed by atoms with van der Waals surface area (Å²) in [6.07, 6.45) is 0. The van der Waals surface area contributed by atoms with Crippen molar-refractivity contribution in [2.45, 2.75) is 19.3 Å². The number of para-hydroxylation sites is 2. The van der Waals surface area contributed by atoms with Crippen molar-refractivity contribution in [2.24, 2.45) is 0 Å². The Morgan fingerprint density at radius 3 is 1.88 bits per heavy atom. The van der Waals surface area contributed by atoms with Crippen LogP contribution in [0.5, 0.6) is 0 Å². The Balaban J connectivity index is 1.28. The molecular weight excluding hydrogens is 623 g/mol. The van der Waals surface area contributed by atoms with Gasteiger partial charge in [0.05, 0.1) is 22.4 Å². The molecule has 0 bridgehead atoms. The molecule has 0 saturated carbocycles. The summed E-state index contributed by atoms with van der Waals surface area (Å²) >= 11 is 3.73. The fraction of sp³-hybridized carbons (Fsp3) is 0.0698. The normalized spacial score (nSPS) is 13.8. The number of hydrogen-bond acceptors (Lipinski definition) is 4. The average Bonchev–Trinajstić information content (AvgIpc) is 3.84. The van der Waals surface area contributed by atoms with Gasteiger partial charge in [-0.15, -0.1) is 22.7 Å². The first-order valence-electron chi connectivity index (χ1n) is 16.3. The predicted molar refractivity (Wildman–Crippen MR) is 205 cm³/mol. The highest BCUT2D eigenvalue weighted by molar-refractivity contribution is 7.26. The Hall–Kier alpha value is -5.36. The summed E-state index contributed by atoms with van der Waals surface area (Å²) in [6.45, 7) is 4.71. The van der Waals surface area contributed by atoms with Crippen LogP contribution < -0.4 is 0 Å². The first-order chi connectivity index (χ1) is 23.6. The number of rotatable bonds is 2. The number of hydrogen-bond donors (Lipinski definition) is 0. The second-order valence-corrected chi connectivity index (χ2v) is 15.5. The van der Waals surface area contributed by atoms with E-state index in [1.54, 1.807) is 0 Å². The lowest BCUT2D eigenvalue weighted by molar-refractivity contribution is 0.638. The van der Waals surface area contributed by atoms with Crippen LogP contribution in [-0.2, 0) is 5.41 Å². The molecule has 0 radical (unpaired) electrons. The third kappa shape index (κ3) is 3.42. The zero-order valence-electron chi connectivity index (χ0n) is 26.3. The molecular formula is C43H27N3S2. The summed E-state index contributed by atoms with van der Waals surface area (Å²) < 4.78 is 7.50. The molecule has 48 heavy (non-hydrogen) atoms. The summed E-state index contributed by atoms with van der Waals surface area (Å²) in [5.41, 5.74) is 8.80. The summed E-state index contributed by atoms with van der Waals surface area (Å²) in [5.74, 6) is 0.712. The molecule has 6 aromatic carbocycles. The van der Waals surface area contributed by atoms with E-state index in [0.717, 1.165) is 33.5 Å². The van der Waals surface area contributed by atoms with Crippen molar-refractivity contribution in [3.8, 4) is 28.3 Å². The zero-order valence-corrected chi connectivity index (χ0v) is 27.9. The van der Waals surface area contributed by atoms with Crippen molar-refractivity contribution in [1.29, 1.82) is 0 Å². The van der Waals surface area contributed by atoms with Crippen molar-refractivity contribution < 1.29 is 0 Å². The summed E-state index contributed by atoms with van der Waals surface area (Å²) in [7, 11) is 0. The Morgan fingerprint density at radius 1 is 0.542 bits per heavy atom. The SMILES string of the molecule is CC1(C)c2nc(-n3c4ccccc4c4ccccc43)nc(-c3ccc4sc5ccccc5c4c3)c2-c2ccc3sc4ccccc4c3c21. The monoisotopic (exact) mass is 649 g/mol. The van der Waals surface area contributed by atoms with E-state index in [-0.39, 0.29) is 5.41 Å². The number of aromatic nitrogens is 3. The van der Waals surface area contributed by atoms with Crippen LogP contribution in [0.25, 0.3) is 90.5 Å². The molecule has 0 N–H and O–H groups in total. The highest BCUT2D eigenvalue weighted by atomic mass is 32.1. The van der Waals surface area contributed by atoms with Gasteiger partial charge in [0.15, 0.2) is 0 Å². The molecule has 5 heteroatoms. The number of thiophene rings is 2. The Kier molecular flexibility index (Phi) is 5.21. The number of benzene rings is 6. The van der Waals surface area contributed by atoms with Gasteiger partial charge in [-0.1, -0.05) is 98.8 Å². The Labute approximate surface area is 284 Å². The smallest absolute Gasteiger partial charge is 0.235 e. The molecule has 0 saturated heterocycles. The van der Waals surface area contributed by atoms with Gasteiger partial charge in [-0.3, -0.25) is 4.57 Å². The zero-order chi connectivity index (χ0) is 31.7. The van der Waals surface area contributed by atoms with Gasteiger partial charge in [-0.05, 0) is 53.6 Å². The van der Waals surface area contributed by atoms with E-state index in [4.69, 9.17) is 9.97 Å². The van der Waals surface area contributed by atoms with Gasteiger partial charge in [-0.2, -0.15) is 0 Å². The minimum atomic E-state index is -0.349. The van der Waals surface area contributed by atoms with Gasteiger partial charge in [0.25, 0.3) is 0 Å². The second-order valence-electron chi connectivity index (χ2n) is 13.4. The molecule has 4 heterocycles. The maximum Gasteiger partial charge on any atom is 0.235 e. The molecule has 0 amide bonds. The van der Waals surface area contributed by atoms with Crippen molar-refractivity contribution in [3.63, 3.8) is 0 Å². The van der Waals surface area contributed by atoms with Crippen LogP contribution in [0.3, 0.4) is 0 Å². The van der Waals surface area contributed by atoms with E-state index in [2.05, 4.69) is 146 Å². The van der Waals surface area contributed by atoms with Crippen LogP contribution in [0.15, 0.2) is 127 Å². The van der Waals surface area contributed by atoms with E-state index < -0.39 is 0 Å². The Bertz CT molecular complexity index is 2940. The minimum absolute atomic E-state index is 0.349. The first kappa shape index (κ1) is 26.7. The van der Waals surface area contributed by atoms with Gasteiger partial charge < -0.3 is 0 Å². The molecule has 0 aliphatic heterocycles. The quantitative estimate of drug-likeness (QED) is 0.187. The van der Waals surface area contributed by atoms with E-state index in [1.165, 1.54) is 62.2 Å². The molecule has 1 aliphatic carbocycles. The summed E-state index contributed by atoms with van der Waals surface area (Å²) in [5, 5.41) is 7.64. The highest BCUT2D eigenvalue weighted by Gasteiger charge is 2.42.